The zero-order valence-electron chi connectivity index (χ0n) is 13.1. The topological polar surface area (TPSA) is 46.5 Å². The highest BCUT2D eigenvalue weighted by Crippen LogP contribution is 2.37. The normalized spacial score (nSPS) is 11.7. The van der Waals surface area contributed by atoms with E-state index < -0.39 is 17.7 Å². The number of aromatic carboxylic acids is 1. The van der Waals surface area contributed by atoms with E-state index in [0.29, 0.717) is 10.3 Å². The molecule has 0 spiro atoms. The van der Waals surface area contributed by atoms with Crippen molar-refractivity contribution >= 4 is 27.4 Å². The van der Waals surface area contributed by atoms with Gasteiger partial charge in [-0.05, 0) is 42.1 Å². The number of ether oxygens (including phenoxy) is 1. The Morgan fingerprint density at radius 1 is 1.16 bits per heavy atom. The lowest BCUT2D eigenvalue weighted by molar-refractivity contribution is -0.137. The summed E-state index contributed by atoms with van der Waals surface area (Å²) in [4.78, 5) is 12.4. The van der Waals surface area contributed by atoms with Gasteiger partial charge in [0.1, 0.15) is 12.2 Å². The van der Waals surface area contributed by atoms with Crippen LogP contribution in [-0.2, 0) is 12.8 Å². The van der Waals surface area contributed by atoms with Crippen LogP contribution in [0.3, 0.4) is 0 Å². The number of fused-ring (bicyclic) bond motifs is 1. The molecule has 0 radical (unpaired) electrons. The first-order chi connectivity index (χ1) is 11.8. The largest absolute Gasteiger partial charge is 0.486 e. The Bertz CT molecular complexity index is 927. The zero-order valence-corrected chi connectivity index (χ0v) is 13.9. The second kappa shape index (κ2) is 6.40. The summed E-state index contributed by atoms with van der Waals surface area (Å²) >= 11 is 1.41. The molecule has 2 aromatic carbocycles. The van der Waals surface area contributed by atoms with Gasteiger partial charge in [0.2, 0.25) is 0 Å². The number of carboxylic acids is 1. The van der Waals surface area contributed by atoms with E-state index in [2.05, 4.69) is 0 Å². The summed E-state index contributed by atoms with van der Waals surface area (Å²) in [6.45, 7) is 1.89. The summed E-state index contributed by atoms with van der Waals surface area (Å²) in [5.74, 6) is -0.877. The molecule has 25 heavy (non-hydrogen) atoms. The quantitative estimate of drug-likeness (QED) is 0.663. The van der Waals surface area contributed by atoms with Crippen molar-refractivity contribution in [3.8, 4) is 5.75 Å². The van der Waals surface area contributed by atoms with Gasteiger partial charge in [-0.2, -0.15) is 13.2 Å². The summed E-state index contributed by atoms with van der Waals surface area (Å²) in [5, 5.41) is 10.2. The number of hydrogen-bond donors (Lipinski definition) is 1. The van der Waals surface area contributed by atoms with E-state index in [1.807, 2.05) is 13.0 Å². The predicted molar refractivity (Wildman–Crippen MR) is 89.3 cm³/mol. The maximum Gasteiger partial charge on any atom is 0.416 e. The maximum absolute atomic E-state index is 12.6. The van der Waals surface area contributed by atoms with E-state index in [9.17, 15) is 23.1 Å². The summed E-state index contributed by atoms with van der Waals surface area (Å²) < 4.78 is 44.2. The Morgan fingerprint density at radius 2 is 1.84 bits per heavy atom. The molecule has 0 bridgehead atoms. The van der Waals surface area contributed by atoms with E-state index in [-0.39, 0.29) is 17.9 Å². The Kier molecular flexibility index (Phi) is 4.43. The van der Waals surface area contributed by atoms with Crippen LogP contribution in [0.2, 0.25) is 0 Å². The van der Waals surface area contributed by atoms with Crippen LogP contribution in [0.25, 0.3) is 10.1 Å². The fraction of sp³-hybridized carbons (Fsp3) is 0.167. The van der Waals surface area contributed by atoms with Crippen LogP contribution >= 0.6 is 11.3 Å². The molecular formula is C18H13F3O3S. The van der Waals surface area contributed by atoms with Gasteiger partial charge < -0.3 is 9.84 Å². The second-order valence-corrected chi connectivity index (χ2v) is 6.76. The minimum atomic E-state index is -4.39. The van der Waals surface area contributed by atoms with Crippen molar-refractivity contribution < 1.29 is 27.8 Å². The standard InChI is InChI=1S/C18H13F3O3S/c1-10-8-12-4-7-14(17(22)23)15(16(12)25-10)24-9-11-2-5-13(6-3-11)18(19,20)21/h2-8H,9H2,1H3,(H,22,23). The van der Waals surface area contributed by atoms with Gasteiger partial charge in [-0.1, -0.05) is 18.2 Å². The lowest BCUT2D eigenvalue weighted by atomic mass is 10.1. The van der Waals surface area contributed by atoms with Crippen LogP contribution in [0.5, 0.6) is 5.75 Å². The van der Waals surface area contributed by atoms with Crippen LogP contribution < -0.4 is 4.74 Å². The lowest BCUT2D eigenvalue weighted by Gasteiger charge is -2.11. The fourth-order valence-corrected chi connectivity index (χ4v) is 3.48. The number of rotatable bonds is 4. The number of halogens is 3. The zero-order chi connectivity index (χ0) is 18.2. The highest BCUT2D eigenvalue weighted by atomic mass is 32.1. The highest BCUT2D eigenvalue weighted by Gasteiger charge is 2.30. The third-order valence-electron chi connectivity index (χ3n) is 3.66. The number of aryl methyl sites for hydroxylation is 1. The average Bonchev–Trinajstić information content (AvgIpc) is 2.92. The van der Waals surface area contributed by atoms with E-state index in [0.717, 1.165) is 22.4 Å². The predicted octanol–water partition coefficient (Wildman–Crippen LogP) is 5.51. The fourth-order valence-electron chi connectivity index (χ4n) is 2.46. The smallest absolute Gasteiger partial charge is 0.416 e. The van der Waals surface area contributed by atoms with Crippen molar-refractivity contribution in [2.24, 2.45) is 0 Å². The van der Waals surface area contributed by atoms with Crippen LogP contribution in [0, 0.1) is 6.92 Å². The number of carboxylic acid groups (broad SMARTS) is 1. The molecule has 3 nitrogen and oxygen atoms in total. The molecule has 0 aliphatic heterocycles. The minimum Gasteiger partial charge on any atom is -0.486 e. The van der Waals surface area contributed by atoms with E-state index >= 15 is 0 Å². The van der Waals surface area contributed by atoms with Crippen molar-refractivity contribution in [1.29, 1.82) is 0 Å². The molecule has 130 valence electrons. The second-order valence-electron chi connectivity index (χ2n) is 5.51. The molecule has 0 unspecified atom stereocenters. The van der Waals surface area contributed by atoms with Crippen molar-refractivity contribution in [1.82, 2.24) is 0 Å². The number of benzene rings is 2. The van der Waals surface area contributed by atoms with Gasteiger partial charge in [0.15, 0.2) is 5.75 Å². The first kappa shape index (κ1) is 17.3. The Morgan fingerprint density at radius 3 is 2.44 bits per heavy atom. The van der Waals surface area contributed by atoms with Crippen LogP contribution in [0.15, 0.2) is 42.5 Å². The SMILES string of the molecule is Cc1cc2ccc(C(=O)O)c(OCc3ccc(C(F)(F)F)cc3)c2s1. The summed E-state index contributed by atoms with van der Waals surface area (Å²) in [7, 11) is 0. The molecule has 0 atom stereocenters. The van der Waals surface area contributed by atoms with Crippen LogP contribution in [0.4, 0.5) is 13.2 Å². The van der Waals surface area contributed by atoms with Crippen LogP contribution in [0.1, 0.15) is 26.4 Å². The third-order valence-corrected chi connectivity index (χ3v) is 4.72. The molecule has 3 rings (SSSR count). The van der Waals surface area contributed by atoms with Gasteiger partial charge in [0.05, 0.1) is 10.3 Å². The Labute approximate surface area is 145 Å². The molecule has 1 aromatic heterocycles. The van der Waals surface area contributed by atoms with Crippen molar-refractivity contribution in [3.05, 3.63) is 64.0 Å². The third kappa shape index (κ3) is 3.61. The number of carbonyl (C=O) groups is 1. The number of thiophene rings is 1. The van der Waals surface area contributed by atoms with Gasteiger partial charge >= 0.3 is 12.1 Å². The molecule has 0 fully saturated rings. The molecule has 1 N–H and O–H groups in total. The van der Waals surface area contributed by atoms with Crippen molar-refractivity contribution in [2.75, 3.05) is 0 Å². The number of hydrogen-bond acceptors (Lipinski definition) is 3. The summed E-state index contributed by atoms with van der Waals surface area (Å²) in [6.07, 6.45) is -4.39. The first-order valence-corrected chi connectivity index (χ1v) is 8.13. The van der Waals surface area contributed by atoms with Gasteiger partial charge in [-0.25, -0.2) is 4.79 Å². The number of alkyl halides is 3. The monoisotopic (exact) mass is 366 g/mol. The molecule has 0 amide bonds. The summed E-state index contributed by atoms with van der Waals surface area (Å²) in [5.41, 5.74) is -0.186. The Hall–Kier alpha value is -2.54. The maximum atomic E-state index is 12.6. The average molecular weight is 366 g/mol. The molecule has 7 heteroatoms. The minimum absolute atomic E-state index is 0.0194. The first-order valence-electron chi connectivity index (χ1n) is 7.31. The van der Waals surface area contributed by atoms with Crippen molar-refractivity contribution in [3.63, 3.8) is 0 Å². The lowest BCUT2D eigenvalue weighted by Crippen LogP contribution is -2.06. The van der Waals surface area contributed by atoms with Gasteiger partial charge in [-0.15, -0.1) is 11.3 Å². The molecule has 0 aliphatic rings. The molecule has 0 saturated heterocycles. The molecule has 0 aliphatic carbocycles. The van der Waals surface area contributed by atoms with E-state index in [1.54, 1.807) is 6.07 Å². The van der Waals surface area contributed by atoms with E-state index in [1.165, 1.54) is 29.5 Å². The molecular weight excluding hydrogens is 353 g/mol. The van der Waals surface area contributed by atoms with Crippen molar-refractivity contribution in [2.45, 2.75) is 19.7 Å². The highest BCUT2D eigenvalue weighted by molar-refractivity contribution is 7.19. The molecule has 3 aromatic rings. The van der Waals surface area contributed by atoms with Gasteiger partial charge in [0, 0.05) is 4.88 Å². The van der Waals surface area contributed by atoms with E-state index in [4.69, 9.17) is 4.74 Å². The molecule has 0 saturated carbocycles. The van der Waals surface area contributed by atoms with Gasteiger partial charge in [0.25, 0.3) is 0 Å². The molecule has 1 heterocycles. The summed E-state index contributed by atoms with van der Waals surface area (Å²) in [6, 6.07) is 9.72. The Balaban J connectivity index is 1.90. The van der Waals surface area contributed by atoms with Crippen LogP contribution in [-0.4, -0.2) is 11.1 Å². The van der Waals surface area contributed by atoms with Gasteiger partial charge in [-0.3, -0.25) is 0 Å².